The second-order valence-electron chi connectivity index (χ2n) is 7.88. The number of hydrogen-bond donors (Lipinski definition) is 0. The van der Waals surface area contributed by atoms with E-state index < -0.39 is 31.4 Å². The highest BCUT2D eigenvalue weighted by Crippen LogP contribution is 2.38. The van der Waals surface area contributed by atoms with Gasteiger partial charge < -0.3 is 9.64 Å². The summed E-state index contributed by atoms with van der Waals surface area (Å²) in [6.45, 7) is 7.87. The zero-order valence-corrected chi connectivity index (χ0v) is 18.7. The molecule has 0 aliphatic carbocycles. The molecule has 2 fully saturated rings. The summed E-state index contributed by atoms with van der Waals surface area (Å²) in [5, 5.41) is 0. The summed E-state index contributed by atoms with van der Waals surface area (Å²) in [5.74, 6) is -0.802. The number of sulfonamides is 2. The molecule has 0 aromatic heterocycles. The zero-order chi connectivity index (χ0) is 21.6. The highest BCUT2D eigenvalue weighted by Gasteiger charge is 2.50. The average molecular weight is 446 g/mol. The fourth-order valence-electron chi connectivity index (χ4n) is 3.68. The largest absolute Gasteiger partial charge is 0.495 e. The van der Waals surface area contributed by atoms with E-state index in [-0.39, 0.29) is 22.1 Å². The third-order valence-electron chi connectivity index (χ3n) is 5.36. The van der Waals surface area contributed by atoms with Crippen molar-refractivity contribution in [1.82, 2.24) is 9.21 Å². The summed E-state index contributed by atoms with van der Waals surface area (Å²) < 4.78 is 59.0. The van der Waals surface area contributed by atoms with E-state index in [2.05, 4.69) is 4.90 Å². The van der Waals surface area contributed by atoms with Crippen LogP contribution in [0.4, 0.5) is 5.69 Å². The van der Waals surface area contributed by atoms with E-state index in [9.17, 15) is 21.6 Å². The van der Waals surface area contributed by atoms with Gasteiger partial charge in [0, 0.05) is 26.2 Å². The van der Waals surface area contributed by atoms with Gasteiger partial charge in [0.1, 0.15) is 10.6 Å². The van der Waals surface area contributed by atoms with Crippen LogP contribution in [-0.4, -0.2) is 77.5 Å². The summed E-state index contributed by atoms with van der Waals surface area (Å²) in [7, 11) is -6.46. The van der Waals surface area contributed by atoms with Crippen molar-refractivity contribution in [3.8, 4) is 5.75 Å². The van der Waals surface area contributed by atoms with Crippen LogP contribution >= 0.6 is 0 Å². The Bertz CT molecular complexity index is 1010. The number of rotatable bonds is 5. The molecular formula is C18H27N3O6S2. The van der Waals surface area contributed by atoms with Gasteiger partial charge in [-0.1, -0.05) is 6.92 Å². The Morgan fingerprint density at radius 1 is 1.14 bits per heavy atom. The molecule has 2 heterocycles. The Kier molecular flexibility index (Phi) is 5.71. The number of carbonyl (C=O) groups excluding carboxylic acids is 1. The lowest BCUT2D eigenvalue weighted by atomic mass is 9.95. The van der Waals surface area contributed by atoms with E-state index in [4.69, 9.17) is 4.74 Å². The van der Waals surface area contributed by atoms with E-state index in [0.717, 1.165) is 6.54 Å². The molecule has 0 bridgehead atoms. The molecule has 0 unspecified atom stereocenters. The van der Waals surface area contributed by atoms with E-state index in [1.165, 1.54) is 29.6 Å². The number of piperazine rings is 1. The third kappa shape index (κ3) is 3.88. The van der Waals surface area contributed by atoms with Crippen LogP contribution in [0.15, 0.2) is 23.1 Å². The predicted molar refractivity (Wildman–Crippen MR) is 109 cm³/mol. The lowest BCUT2D eigenvalue weighted by Crippen LogP contribution is -2.48. The Hall–Kier alpha value is -1.69. The van der Waals surface area contributed by atoms with Crippen LogP contribution in [0.2, 0.25) is 0 Å². The quantitative estimate of drug-likeness (QED) is 0.658. The number of carbonyl (C=O) groups is 1. The molecule has 1 aromatic rings. The number of likely N-dealkylation sites (N-methyl/N-ethyl adjacent to an activating group) is 1. The minimum absolute atomic E-state index is 0.00661. The van der Waals surface area contributed by atoms with Crippen molar-refractivity contribution in [3.05, 3.63) is 18.2 Å². The zero-order valence-electron chi connectivity index (χ0n) is 17.1. The fourth-order valence-corrected chi connectivity index (χ4v) is 7.38. The first kappa shape index (κ1) is 22.0. The van der Waals surface area contributed by atoms with Gasteiger partial charge >= 0.3 is 0 Å². The monoisotopic (exact) mass is 445 g/mol. The molecule has 0 N–H and O–H groups in total. The molecule has 1 amide bonds. The van der Waals surface area contributed by atoms with Gasteiger partial charge in [-0.05, 0) is 38.6 Å². The second-order valence-corrected chi connectivity index (χ2v) is 11.6. The van der Waals surface area contributed by atoms with Gasteiger partial charge in [0.05, 0.1) is 24.0 Å². The van der Waals surface area contributed by atoms with Gasteiger partial charge in [0.25, 0.3) is 0 Å². The summed E-state index contributed by atoms with van der Waals surface area (Å²) in [6.07, 6.45) is 0. The van der Waals surface area contributed by atoms with Crippen LogP contribution in [0.5, 0.6) is 5.75 Å². The number of amides is 1. The Morgan fingerprint density at radius 3 is 2.24 bits per heavy atom. The summed E-state index contributed by atoms with van der Waals surface area (Å²) >= 11 is 0. The van der Waals surface area contributed by atoms with Crippen molar-refractivity contribution in [1.29, 1.82) is 0 Å². The first-order valence-corrected chi connectivity index (χ1v) is 12.5. The van der Waals surface area contributed by atoms with Crippen LogP contribution in [0.3, 0.4) is 0 Å². The lowest BCUT2D eigenvalue weighted by Gasteiger charge is -2.33. The molecule has 162 valence electrons. The maximum atomic E-state index is 13.3. The molecule has 1 aromatic carbocycles. The molecule has 2 aliphatic heterocycles. The number of nitrogens with zero attached hydrogens (tertiary/aromatic N) is 3. The highest BCUT2D eigenvalue weighted by molar-refractivity contribution is 7.94. The van der Waals surface area contributed by atoms with Crippen LogP contribution in [-0.2, 0) is 24.8 Å². The SMILES string of the molecule is CCN1CCN(S(=O)(=O)c2cc(N3C(=O)C(C)(C)CS3(=O)=O)ccc2OC)CC1. The van der Waals surface area contributed by atoms with Gasteiger partial charge in [-0.25, -0.2) is 21.1 Å². The number of anilines is 1. The summed E-state index contributed by atoms with van der Waals surface area (Å²) in [6, 6.07) is 4.00. The number of ether oxygens (including phenoxy) is 1. The van der Waals surface area contributed by atoms with Gasteiger partial charge in [-0.3, -0.25) is 4.79 Å². The molecule has 3 rings (SSSR count). The van der Waals surface area contributed by atoms with Gasteiger partial charge in [-0.15, -0.1) is 0 Å². The predicted octanol–water partition coefficient (Wildman–Crippen LogP) is 0.724. The van der Waals surface area contributed by atoms with Crippen LogP contribution in [0, 0.1) is 5.41 Å². The van der Waals surface area contributed by atoms with Crippen molar-refractivity contribution < 1.29 is 26.4 Å². The van der Waals surface area contributed by atoms with Crippen molar-refractivity contribution >= 4 is 31.6 Å². The highest BCUT2D eigenvalue weighted by atomic mass is 32.2. The number of methoxy groups -OCH3 is 1. The first-order chi connectivity index (χ1) is 13.4. The molecule has 0 radical (unpaired) electrons. The third-order valence-corrected chi connectivity index (χ3v) is 9.30. The standard InChI is InChI=1S/C18H27N3O6S2/c1-5-19-8-10-20(11-9-19)29(25,26)16-12-14(6-7-15(16)27-4)21-17(22)18(2,3)13-28(21,23)24/h6-7,12H,5,8-11,13H2,1-4H3. The topological polar surface area (TPSA) is 104 Å². The molecule has 0 spiro atoms. The van der Waals surface area contributed by atoms with E-state index in [0.29, 0.717) is 30.5 Å². The van der Waals surface area contributed by atoms with Crippen LogP contribution < -0.4 is 9.04 Å². The summed E-state index contributed by atoms with van der Waals surface area (Å²) in [4.78, 5) is 14.7. The fraction of sp³-hybridized carbons (Fsp3) is 0.611. The number of benzene rings is 1. The van der Waals surface area contributed by atoms with E-state index in [1.807, 2.05) is 6.92 Å². The normalized spacial score (nSPS) is 22.8. The van der Waals surface area contributed by atoms with Crippen molar-refractivity contribution in [2.75, 3.05) is 49.9 Å². The van der Waals surface area contributed by atoms with Gasteiger partial charge in [0.15, 0.2) is 0 Å². The lowest BCUT2D eigenvalue weighted by molar-refractivity contribution is -0.123. The van der Waals surface area contributed by atoms with Gasteiger partial charge in [-0.2, -0.15) is 4.31 Å². The molecule has 2 saturated heterocycles. The van der Waals surface area contributed by atoms with Crippen LogP contribution in [0.1, 0.15) is 20.8 Å². The molecule has 0 saturated carbocycles. The molecule has 11 heteroatoms. The number of hydrogen-bond acceptors (Lipinski definition) is 7. The Morgan fingerprint density at radius 2 is 1.76 bits per heavy atom. The molecule has 29 heavy (non-hydrogen) atoms. The minimum atomic E-state index is -3.92. The Balaban J connectivity index is 2.04. The Labute approximate surface area is 172 Å². The first-order valence-electron chi connectivity index (χ1n) is 9.42. The van der Waals surface area contributed by atoms with Gasteiger partial charge in [0.2, 0.25) is 26.0 Å². The van der Waals surface area contributed by atoms with Crippen molar-refractivity contribution in [2.24, 2.45) is 5.41 Å². The maximum absolute atomic E-state index is 13.3. The van der Waals surface area contributed by atoms with E-state index >= 15 is 0 Å². The smallest absolute Gasteiger partial charge is 0.247 e. The van der Waals surface area contributed by atoms with Crippen molar-refractivity contribution in [3.63, 3.8) is 0 Å². The minimum Gasteiger partial charge on any atom is -0.495 e. The second kappa shape index (κ2) is 7.53. The molecule has 2 aliphatic rings. The van der Waals surface area contributed by atoms with Crippen LogP contribution in [0.25, 0.3) is 0 Å². The molecular weight excluding hydrogens is 418 g/mol. The van der Waals surface area contributed by atoms with E-state index in [1.54, 1.807) is 13.8 Å². The van der Waals surface area contributed by atoms with Crippen molar-refractivity contribution in [2.45, 2.75) is 25.7 Å². The molecule has 9 nitrogen and oxygen atoms in total. The molecule has 0 atom stereocenters. The summed E-state index contributed by atoms with van der Waals surface area (Å²) in [5.41, 5.74) is -1.07. The average Bonchev–Trinajstić information content (AvgIpc) is 2.83. The maximum Gasteiger partial charge on any atom is 0.247 e.